The molecule has 7 nitrogen and oxygen atoms in total. The lowest BCUT2D eigenvalue weighted by Gasteiger charge is -2.18. The Hall–Kier alpha value is -3.49. The van der Waals surface area contributed by atoms with E-state index in [2.05, 4.69) is 10.6 Å². The van der Waals surface area contributed by atoms with Gasteiger partial charge < -0.3 is 20.5 Å². The fraction of sp³-hybridized carbons (Fsp3) is 0.375. The summed E-state index contributed by atoms with van der Waals surface area (Å²) in [5.74, 6) is -9.00. The van der Waals surface area contributed by atoms with Crippen molar-refractivity contribution >= 4 is 18.0 Å². The van der Waals surface area contributed by atoms with Gasteiger partial charge >= 0.3 is 12.1 Å². The number of carboxylic acids is 1. The van der Waals surface area contributed by atoms with E-state index in [1.54, 1.807) is 6.92 Å². The van der Waals surface area contributed by atoms with Gasteiger partial charge in [-0.25, -0.2) is 13.6 Å². The minimum Gasteiger partial charge on any atom is -0.481 e. The van der Waals surface area contributed by atoms with Crippen LogP contribution < -0.4 is 10.6 Å². The summed E-state index contributed by atoms with van der Waals surface area (Å²) in [6, 6.07) is 14.8. The Kier molecular flexibility index (Phi) is 6.05. The van der Waals surface area contributed by atoms with Gasteiger partial charge in [-0.05, 0) is 28.7 Å². The summed E-state index contributed by atoms with van der Waals surface area (Å²) >= 11 is 0. The molecule has 4 rings (SSSR count). The topological polar surface area (TPSA) is 105 Å². The summed E-state index contributed by atoms with van der Waals surface area (Å²) in [5.41, 5.74) is 4.28. The largest absolute Gasteiger partial charge is 0.481 e. The van der Waals surface area contributed by atoms with Crippen LogP contribution in [0.5, 0.6) is 0 Å². The average Bonchev–Trinajstić information content (AvgIpc) is 3.21. The first-order valence-electron chi connectivity index (χ1n) is 10.8. The lowest BCUT2D eigenvalue weighted by Crippen LogP contribution is -2.47. The van der Waals surface area contributed by atoms with Gasteiger partial charge in [0.15, 0.2) is 0 Å². The Morgan fingerprint density at radius 3 is 2.15 bits per heavy atom. The summed E-state index contributed by atoms with van der Waals surface area (Å²) in [7, 11) is 0. The lowest BCUT2D eigenvalue weighted by atomic mass is 9.98. The molecule has 2 aromatic carbocycles. The van der Waals surface area contributed by atoms with Crippen molar-refractivity contribution < 1.29 is 33.0 Å². The number of hydrogen-bond acceptors (Lipinski definition) is 4. The molecule has 2 aromatic rings. The monoisotopic (exact) mass is 458 g/mol. The number of carboxylic acid groups (broad SMARTS) is 1. The zero-order valence-electron chi connectivity index (χ0n) is 17.9. The first-order valence-corrected chi connectivity index (χ1v) is 10.8. The Balaban J connectivity index is 1.32. The molecule has 9 heteroatoms. The summed E-state index contributed by atoms with van der Waals surface area (Å²) in [6.07, 6.45) is -0.585. The van der Waals surface area contributed by atoms with Crippen molar-refractivity contribution in [2.24, 2.45) is 11.8 Å². The number of halogens is 2. The van der Waals surface area contributed by atoms with Crippen LogP contribution in [0, 0.1) is 11.8 Å². The molecule has 174 valence electrons. The molecule has 0 aromatic heterocycles. The average molecular weight is 458 g/mol. The third kappa shape index (κ3) is 4.27. The molecular weight excluding hydrogens is 434 g/mol. The van der Waals surface area contributed by atoms with Crippen molar-refractivity contribution in [2.45, 2.75) is 31.2 Å². The number of fused-ring (bicyclic) bond motifs is 3. The number of benzene rings is 2. The third-order valence-electron chi connectivity index (χ3n) is 6.33. The highest BCUT2D eigenvalue weighted by atomic mass is 19.3. The van der Waals surface area contributed by atoms with Crippen LogP contribution in [-0.2, 0) is 14.3 Å². The Morgan fingerprint density at radius 2 is 1.64 bits per heavy atom. The van der Waals surface area contributed by atoms with Gasteiger partial charge in [-0.1, -0.05) is 55.5 Å². The first-order chi connectivity index (χ1) is 15.8. The number of amides is 2. The van der Waals surface area contributed by atoms with E-state index in [1.807, 2.05) is 48.5 Å². The zero-order chi connectivity index (χ0) is 23.8. The maximum Gasteiger partial charge on any atom is 0.407 e. The van der Waals surface area contributed by atoms with Crippen LogP contribution in [0.1, 0.15) is 30.4 Å². The molecule has 0 aliphatic heterocycles. The van der Waals surface area contributed by atoms with E-state index in [4.69, 9.17) is 9.84 Å². The SMILES string of the molecule is CC[C@@H](NC(=O)OCC1c2ccccc2-c2ccccc21)C(=O)NCC1C(C(=O)O)C1(F)F. The van der Waals surface area contributed by atoms with Crippen LogP contribution in [0.15, 0.2) is 48.5 Å². The number of alkyl halides is 2. The van der Waals surface area contributed by atoms with Crippen LogP contribution in [0.2, 0.25) is 0 Å². The van der Waals surface area contributed by atoms with E-state index in [0.717, 1.165) is 22.3 Å². The number of nitrogens with one attached hydrogen (secondary N) is 2. The fourth-order valence-corrected chi connectivity index (χ4v) is 4.45. The van der Waals surface area contributed by atoms with Crippen LogP contribution in [0.3, 0.4) is 0 Å². The molecule has 3 N–H and O–H groups in total. The molecule has 0 heterocycles. The fourth-order valence-electron chi connectivity index (χ4n) is 4.45. The highest BCUT2D eigenvalue weighted by Gasteiger charge is 2.72. The second kappa shape index (κ2) is 8.80. The Bertz CT molecular complexity index is 1040. The van der Waals surface area contributed by atoms with Crippen LogP contribution in [-0.4, -0.2) is 48.2 Å². The molecule has 2 unspecified atom stereocenters. The summed E-state index contributed by atoms with van der Waals surface area (Å²) in [5, 5.41) is 13.6. The van der Waals surface area contributed by atoms with Gasteiger partial charge in [0, 0.05) is 12.5 Å². The number of alkyl carbamates (subject to hydrolysis) is 1. The van der Waals surface area contributed by atoms with Crippen LogP contribution in [0.25, 0.3) is 11.1 Å². The highest BCUT2D eigenvalue weighted by molar-refractivity contribution is 5.86. The molecule has 0 bridgehead atoms. The van der Waals surface area contributed by atoms with Gasteiger partial charge in [0.25, 0.3) is 5.92 Å². The first kappa shape index (κ1) is 22.7. The lowest BCUT2D eigenvalue weighted by molar-refractivity contribution is -0.141. The molecule has 2 aliphatic rings. The van der Waals surface area contributed by atoms with Crippen molar-refractivity contribution in [2.75, 3.05) is 13.2 Å². The summed E-state index contributed by atoms with van der Waals surface area (Å²) < 4.78 is 32.4. The van der Waals surface area contributed by atoms with E-state index < -0.39 is 48.3 Å². The summed E-state index contributed by atoms with van der Waals surface area (Å²) in [4.78, 5) is 35.6. The number of aliphatic carboxylic acids is 1. The Labute approximate surface area is 189 Å². The number of carbonyl (C=O) groups is 3. The van der Waals surface area contributed by atoms with Crippen LogP contribution in [0.4, 0.5) is 13.6 Å². The van der Waals surface area contributed by atoms with Crippen molar-refractivity contribution in [1.82, 2.24) is 10.6 Å². The van der Waals surface area contributed by atoms with Gasteiger partial charge in [-0.3, -0.25) is 9.59 Å². The maximum atomic E-state index is 13.5. The second-order valence-electron chi connectivity index (χ2n) is 8.27. The normalized spacial score (nSPS) is 20.8. The molecule has 1 fully saturated rings. The molecule has 2 amide bonds. The zero-order valence-corrected chi connectivity index (χ0v) is 17.9. The smallest absolute Gasteiger partial charge is 0.407 e. The molecule has 33 heavy (non-hydrogen) atoms. The molecule has 0 saturated heterocycles. The second-order valence-corrected chi connectivity index (χ2v) is 8.27. The molecule has 3 atom stereocenters. The van der Waals surface area contributed by atoms with Gasteiger partial charge in [0.1, 0.15) is 18.6 Å². The van der Waals surface area contributed by atoms with E-state index >= 15 is 0 Å². The van der Waals surface area contributed by atoms with Crippen molar-refractivity contribution in [3.8, 4) is 11.1 Å². The van der Waals surface area contributed by atoms with E-state index in [9.17, 15) is 23.2 Å². The standard InChI is InChI=1S/C24H24F2N2O5/c1-2-19(21(29)27-11-18-20(22(30)31)24(18,25)26)28-23(32)33-12-17-15-9-5-3-7-13(15)14-8-4-6-10-16(14)17/h3-10,17-20H,2,11-12H2,1H3,(H,27,29)(H,28,32)(H,30,31)/t18?,19-,20?/m1/s1. The van der Waals surface area contributed by atoms with Crippen molar-refractivity contribution in [3.63, 3.8) is 0 Å². The van der Waals surface area contributed by atoms with Gasteiger partial charge in [0.05, 0.1) is 5.92 Å². The predicted octanol–water partition coefficient (Wildman–Crippen LogP) is 3.39. The third-order valence-corrected chi connectivity index (χ3v) is 6.33. The molecular formula is C24H24F2N2O5. The summed E-state index contributed by atoms with van der Waals surface area (Å²) in [6.45, 7) is 1.25. The number of rotatable bonds is 8. The molecule has 2 aliphatic carbocycles. The molecule has 0 spiro atoms. The van der Waals surface area contributed by atoms with Crippen LogP contribution >= 0.6 is 0 Å². The number of hydrogen-bond donors (Lipinski definition) is 3. The van der Waals surface area contributed by atoms with Gasteiger partial charge in [0.2, 0.25) is 5.91 Å². The minimum atomic E-state index is -3.35. The predicted molar refractivity (Wildman–Crippen MR) is 115 cm³/mol. The molecule has 0 radical (unpaired) electrons. The van der Waals surface area contributed by atoms with E-state index in [-0.39, 0.29) is 18.9 Å². The minimum absolute atomic E-state index is 0.0759. The highest BCUT2D eigenvalue weighted by Crippen LogP contribution is 2.54. The van der Waals surface area contributed by atoms with Crippen molar-refractivity contribution in [1.29, 1.82) is 0 Å². The number of ether oxygens (including phenoxy) is 1. The molecule has 1 saturated carbocycles. The maximum absolute atomic E-state index is 13.5. The van der Waals surface area contributed by atoms with Crippen molar-refractivity contribution in [3.05, 3.63) is 59.7 Å². The quantitative estimate of drug-likeness (QED) is 0.563. The van der Waals surface area contributed by atoms with Gasteiger partial charge in [-0.15, -0.1) is 0 Å². The van der Waals surface area contributed by atoms with E-state index in [1.165, 1.54) is 0 Å². The van der Waals surface area contributed by atoms with E-state index in [0.29, 0.717) is 0 Å². The Morgan fingerprint density at radius 1 is 1.06 bits per heavy atom. The number of carbonyl (C=O) groups excluding carboxylic acids is 2. The van der Waals surface area contributed by atoms with Gasteiger partial charge in [-0.2, -0.15) is 0 Å².